The Labute approximate surface area is 133 Å². The summed E-state index contributed by atoms with van der Waals surface area (Å²) in [5.74, 6) is 1.37. The fourth-order valence-corrected chi connectivity index (χ4v) is 4.19. The lowest BCUT2D eigenvalue weighted by molar-refractivity contribution is 0.354. The van der Waals surface area contributed by atoms with Crippen LogP contribution in [0.1, 0.15) is 37.7 Å². The van der Waals surface area contributed by atoms with Crippen LogP contribution in [0, 0.1) is 0 Å². The average Bonchev–Trinajstić information content (AvgIpc) is 2.53. The minimum Gasteiger partial charge on any atom is -0.493 e. The molecule has 0 saturated heterocycles. The maximum atomic E-state index is 12.2. The Kier molecular flexibility index (Phi) is 6.08. The van der Waals surface area contributed by atoms with Crippen molar-refractivity contribution in [3.63, 3.8) is 0 Å². The molecule has 1 fully saturated rings. The molecule has 5 nitrogen and oxygen atoms in total. The summed E-state index contributed by atoms with van der Waals surface area (Å²) in [5, 5.41) is 0. The molecule has 0 bridgehead atoms. The number of hydrogen-bond donors (Lipinski definition) is 1. The van der Waals surface area contributed by atoms with E-state index in [4.69, 9.17) is 9.47 Å². The molecule has 0 atom stereocenters. The van der Waals surface area contributed by atoms with Crippen LogP contribution < -0.4 is 14.2 Å². The number of methoxy groups -OCH3 is 2. The van der Waals surface area contributed by atoms with Crippen molar-refractivity contribution in [2.75, 3.05) is 20.0 Å². The second kappa shape index (κ2) is 7.83. The van der Waals surface area contributed by atoms with Crippen LogP contribution in [0.3, 0.4) is 0 Å². The quantitative estimate of drug-likeness (QED) is 0.836. The van der Waals surface area contributed by atoms with Gasteiger partial charge in [0.1, 0.15) is 0 Å². The van der Waals surface area contributed by atoms with Crippen LogP contribution in [0.25, 0.3) is 0 Å². The maximum absolute atomic E-state index is 12.2. The fraction of sp³-hybridized carbons (Fsp3) is 0.625. The Hall–Kier alpha value is -1.27. The van der Waals surface area contributed by atoms with Gasteiger partial charge < -0.3 is 9.47 Å². The molecule has 1 N–H and O–H groups in total. The highest BCUT2D eigenvalue weighted by Crippen LogP contribution is 2.27. The molecule has 2 rings (SSSR count). The second-order valence-electron chi connectivity index (χ2n) is 5.71. The Bertz CT molecular complexity index is 580. The number of ether oxygens (including phenoxy) is 2. The Balaban J connectivity index is 1.93. The minimum atomic E-state index is -3.24. The first kappa shape index (κ1) is 17.1. The zero-order valence-corrected chi connectivity index (χ0v) is 14.1. The fourth-order valence-electron chi connectivity index (χ4n) is 2.82. The van der Waals surface area contributed by atoms with Gasteiger partial charge in [-0.1, -0.05) is 25.3 Å². The highest BCUT2D eigenvalue weighted by atomic mass is 32.2. The van der Waals surface area contributed by atoms with Gasteiger partial charge >= 0.3 is 0 Å². The van der Waals surface area contributed by atoms with E-state index in [-0.39, 0.29) is 11.8 Å². The van der Waals surface area contributed by atoms with Crippen molar-refractivity contribution in [3.8, 4) is 11.5 Å². The standard InChI is InChI=1S/C16H25NO4S/c1-20-15-9-8-13(12-16(15)21-2)10-11-22(18,19)17-14-6-4-3-5-7-14/h8-9,12,14,17H,3-7,10-11H2,1-2H3. The normalized spacial score (nSPS) is 16.5. The van der Waals surface area contributed by atoms with Crippen molar-refractivity contribution in [3.05, 3.63) is 23.8 Å². The van der Waals surface area contributed by atoms with Crippen LogP contribution in [0.4, 0.5) is 0 Å². The third-order valence-corrected chi connectivity index (χ3v) is 5.49. The van der Waals surface area contributed by atoms with Gasteiger partial charge in [-0.2, -0.15) is 0 Å². The van der Waals surface area contributed by atoms with Crippen LogP contribution in [-0.2, 0) is 16.4 Å². The molecule has 1 aromatic rings. The number of aryl methyl sites for hydroxylation is 1. The van der Waals surface area contributed by atoms with Gasteiger partial charge in [0.05, 0.1) is 20.0 Å². The third-order valence-electron chi connectivity index (χ3n) is 4.06. The van der Waals surface area contributed by atoms with Gasteiger partial charge in [0.15, 0.2) is 11.5 Å². The summed E-state index contributed by atoms with van der Waals surface area (Å²) in [4.78, 5) is 0. The summed E-state index contributed by atoms with van der Waals surface area (Å²) < 4.78 is 37.6. The van der Waals surface area contributed by atoms with Crippen LogP contribution in [0.15, 0.2) is 18.2 Å². The summed E-state index contributed by atoms with van der Waals surface area (Å²) in [7, 11) is -0.0849. The number of sulfonamides is 1. The molecule has 1 aliphatic rings. The van der Waals surface area contributed by atoms with Crippen molar-refractivity contribution >= 4 is 10.0 Å². The highest BCUT2D eigenvalue weighted by Gasteiger charge is 2.20. The molecular weight excluding hydrogens is 302 g/mol. The molecule has 0 unspecified atom stereocenters. The van der Waals surface area contributed by atoms with E-state index in [2.05, 4.69) is 4.72 Å². The van der Waals surface area contributed by atoms with E-state index < -0.39 is 10.0 Å². The van der Waals surface area contributed by atoms with E-state index >= 15 is 0 Å². The third kappa shape index (κ3) is 4.88. The van der Waals surface area contributed by atoms with E-state index in [0.29, 0.717) is 17.9 Å². The van der Waals surface area contributed by atoms with Gasteiger partial charge in [0.2, 0.25) is 10.0 Å². The molecular formula is C16H25NO4S. The summed E-state index contributed by atoms with van der Waals surface area (Å²) in [5.41, 5.74) is 0.923. The molecule has 0 amide bonds. The van der Waals surface area contributed by atoms with Crippen LogP contribution in [0.2, 0.25) is 0 Å². The Morgan fingerprint density at radius 3 is 2.41 bits per heavy atom. The Morgan fingerprint density at radius 2 is 1.77 bits per heavy atom. The smallest absolute Gasteiger partial charge is 0.212 e. The van der Waals surface area contributed by atoms with Crippen LogP contribution in [0.5, 0.6) is 11.5 Å². The summed E-state index contributed by atoms with van der Waals surface area (Å²) in [6.45, 7) is 0. The number of benzene rings is 1. The zero-order chi connectivity index (χ0) is 16.0. The van der Waals surface area contributed by atoms with Crippen LogP contribution in [-0.4, -0.2) is 34.4 Å². The minimum absolute atomic E-state index is 0.0962. The monoisotopic (exact) mass is 327 g/mol. The zero-order valence-electron chi connectivity index (χ0n) is 13.3. The average molecular weight is 327 g/mol. The first-order valence-electron chi connectivity index (χ1n) is 7.75. The number of rotatable bonds is 7. The lowest BCUT2D eigenvalue weighted by Crippen LogP contribution is -2.37. The second-order valence-corrected chi connectivity index (χ2v) is 7.58. The molecule has 0 heterocycles. The molecule has 1 saturated carbocycles. The largest absolute Gasteiger partial charge is 0.493 e. The lowest BCUT2D eigenvalue weighted by Gasteiger charge is -2.22. The van der Waals surface area contributed by atoms with Gasteiger partial charge in [-0.05, 0) is 37.0 Å². The van der Waals surface area contributed by atoms with Gasteiger partial charge in [-0.3, -0.25) is 0 Å². The van der Waals surface area contributed by atoms with E-state index in [0.717, 1.165) is 31.2 Å². The molecule has 0 radical (unpaired) electrons. The predicted molar refractivity (Wildman–Crippen MR) is 87.0 cm³/mol. The molecule has 6 heteroatoms. The van der Waals surface area contributed by atoms with Crippen molar-refractivity contribution in [2.45, 2.75) is 44.6 Å². The van der Waals surface area contributed by atoms with Crippen molar-refractivity contribution in [1.82, 2.24) is 4.72 Å². The topological polar surface area (TPSA) is 64.6 Å². The highest BCUT2D eigenvalue weighted by molar-refractivity contribution is 7.89. The van der Waals surface area contributed by atoms with Crippen LogP contribution >= 0.6 is 0 Å². The molecule has 0 aromatic heterocycles. The van der Waals surface area contributed by atoms with Crippen molar-refractivity contribution < 1.29 is 17.9 Å². The lowest BCUT2D eigenvalue weighted by atomic mass is 9.96. The summed E-state index contributed by atoms with van der Waals surface area (Å²) >= 11 is 0. The van der Waals surface area contributed by atoms with E-state index in [1.165, 1.54) is 6.42 Å². The van der Waals surface area contributed by atoms with Gasteiger partial charge in [0, 0.05) is 6.04 Å². The Morgan fingerprint density at radius 1 is 1.09 bits per heavy atom. The molecule has 124 valence electrons. The first-order chi connectivity index (χ1) is 10.5. The van der Waals surface area contributed by atoms with E-state index in [1.807, 2.05) is 12.1 Å². The van der Waals surface area contributed by atoms with Crippen molar-refractivity contribution in [1.29, 1.82) is 0 Å². The van der Waals surface area contributed by atoms with E-state index in [1.54, 1.807) is 20.3 Å². The van der Waals surface area contributed by atoms with E-state index in [9.17, 15) is 8.42 Å². The maximum Gasteiger partial charge on any atom is 0.212 e. The summed E-state index contributed by atoms with van der Waals surface area (Å²) in [6.07, 6.45) is 5.81. The molecule has 0 spiro atoms. The van der Waals surface area contributed by atoms with Crippen molar-refractivity contribution in [2.24, 2.45) is 0 Å². The number of hydrogen-bond acceptors (Lipinski definition) is 4. The molecule has 1 aromatic carbocycles. The summed E-state index contributed by atoms with van der Waals surface area (Å²) in [6, 6.07) is 5.62. The van der Waals surface area contributed by atoms with Gasteiger partial charge in [-0.25, -0.2) is 13.1 Å². The SMILES string of the molecule is COc1ccc(CCS(=O)(=O)NC2CCCCC2)cc1OC. The molecule has 22 heavy (non-hydrogen) atoms. The van der Waals surface area contributed by atoms with Gasteiger partial charge in [-0.15, -0.1) is 0 Å². The first-order valence-corrected chi connectivity index (χ1v) is 9.40. The number of nitrogens with one attached hydrogen (secondary N) is 1. The predicted octanol–water partition coefficient (Wildman–Crippen LogP) is 2.50. The molecule has 0 aliphatic heterocycles. The van der Waals surface area contributed by atoms with Gasteiger partial charge in [0.25, 0.3) is 0 Å². The molecule has 1 aliphatic carbocycles.